The Labute approximate surface area is 190 Å². The minimum absolute atomic E-state index is 0.0783. The fourth-order valence-electron chi connectivity index (χ4n) is 3.53. The number of nitro benzene ring substituents is 1. The zero-order valence-corrected chi connectivity index (χ0v) is 18.3. The number of halogens is 2. The van der Waals surface area contributed by atoms with Gasteiger partial charge in [0.1, 0.15) is 5.69 Å². The molecule has 1 N–H and O–H groups in total. The Kier molecular flexibility index (Phi) is 6.34. The molecule has 2 aromatic carbocycles. The van der Waals surface area contributed by atoms with Crippen LogP contribution in [0.15, 0.2) is 42.5 Å². The van der Waals surface area contributed by atoms with Crippen LogP contribution in [0.25, 0.3) is 6.08 Å². The zero-order chi connectivity index (χ0) is 22.0. The van der Waals surface area contributed by atoms with Crippen LogP contribution >= 0.6 is 23.2 Å². The Bertz CT molecular complexity index is 1030. The standard InChI is InChI=1S/C22H22Cl2N4O3/c23-16-3-1-15(19(24)13-16)2-8-22(29)27-11-9-26(10-12-27)18-6-7-21(28(30)31)20(14-18)25-17-4-5-17/h1-3,6-8,13-14,17,25H,4-5,9-12H2. The highest BCUT2D eigenvalue weighted by molar-refractivity contribution is 6.35. The number of piperazine rings is 1. The lowest BCUT2D eigenvalue weighted by atomic mass is 10.2. The molecule has 1 aliphatic carbocycles. The van der Waals surface area contributed by atoms with Gasteiger partial charge in [-0.1, -0.05) is 29.3 Å². The monoisotopic (exact) mass is 460 g/mol. The van der Waals surface area contributed by atoms with Gasteiger partial charge in [0.05, 0.1) is 4.92 Å². The summed E-state index contributed by atoms with van der Waals surface area (Å²) in [6.07, 6.45) is 5.29. The van der Waals surface area contributed by atoms with Crippen molar-refractivity contribution in [3.8, 4) is 0 Å². The quantitative estimate of drug-likeness (QED) is 0.379. The van der Waals surface area contributed by atoms with Crippen LogP contribution in [0.5, 0.6) is 0 Å². The number of nitrogens with zero attached hydrogens (tertiary/aromatic N) is 3. The summed E-state index contributed by atoms with van der Waals surface area (Å²) in [6, 6.07) is 10.6. The maximum atomic E-state index is 12.6. The van der Waals surface area contributed by atoms with E-state index in [0.717, 1.165) is 24.1 Å². The van der Waals surface area contributed by atoms with Gasteiger partial charge in [0.15, 0.2) is 0 Å². The molecule has 4 rings (SSSR count). The third-order valence-electron chi connectivity index (χ3n) is 5.44. The summed E-state index contributed by atoms with van der Waals surface area (Å²) in [6.45, 7) is 2.45. The second-order valence-corrected chi connectivity index (χ2v) is 8.53. The smallest absolute Gasteiger partial charge is 0.292 e. The van der Waals surface area contributed by atoms with Gasteiger partial charge >= 0.3 is 0 Å². The van der Waals surface area contributed by atoms with Crippen LogP contribution in [-0.4, -0.2) is 48.0 Å². The van der Waals surface area contributed by atoms with Gasteiger partial charge in [-0.15, -0.1) is 0 Å². The van der Waals surface area contributed by atoms with Crippen molar-refractivity contribution in [2.45, 2.75) is 18.9 Å². The first-order valence-corrected chi connectivity index (χ1v) is 10.9. The molecule has 0 unspecified atom stereocenters. The molecule has 2 fully saturated rings. The molecule has 162 valence electrons. The van der Waals surface area contributed by atoms with Crippen LogP contribution in [0.4, 0.5) is 17.1 Å². The number of carbonyl (C=O) groups excluding carboxylic acids is 1. The van der Waals surface area contributed by atoms with E-state index in [4.69, 9.17) is 23.2 Å². The van der Waals surface area contributed by atoms with Gasteiger partial charge in [0, 0.05) is 60.1 Å². The first-order valence-electron chi connectivity index (χ1n) is 10.1. The van der Waals surface area contributed by atoms with Crippen LogP contribution < -0.4 is 10.2 Å². The molecule has 1 amide bonds. The second kappa shape index (κ2) is 9.16. The predicted molar refractivity (Wildman–Crippen MR) is 124 cm³/mol. The van der Waals surface area contributed by atoms with Gasteiger partial charge in [0.25, 0.3) is 5.69 Å². The maximum absolute atomic E-state index is 12.6. The Balaban J connectivity index is 1.38. The largest absolute Gasteiger partial charge is 0.377 e. The van der Waals surface area contributed by atoms with Crippen LogP contribution in [0, 0.1) is 10.1 Å². The van der Waals surface area contributed by atoms with Crippen molar-refractivity contribution in [2.24, 2.45) is 0 Å². The SMILES string of the molecule is O=C(C=Cc1ccc(Cl)cc1Cl)N1CCN(c2ccc([N+](=O)[O-])c(NC3CC3)c2)CC1. The van der Waals surface area contributed by atoms with E-state index in [1.165, 1.54) is 6.08 Å². The van der Waals surface area contributed by atoms with Crippen molar-refractivity contribution < 1.29 is 9.72 Å². The fraction of sp³-hybridized carbons (Fsp3) is 0.318. The molecule has 7 nitrogen and oxygen atoms in total. The lowest BCUT2D eigenvalue weighted by Crippen LogP contribution is -2.48. The molecule has 0 bridgehead atoms. The zero-order valence-electron chi connectivity index (χ0n) is 16.8. The maximum Gasteiger partial charge on any atom is 0.292 e. The molecular weight excluding hydrogens is 439 g/mol. The number of hydrogen-bond donors (Lipinski definition) is 1. The molecule has 1 saturated heterocycles. The summed E-state index contributed by atoms with van der Waals surface area (Å²) >= 11 is 12.1. The molecule has 9 heteroatoms. The number of carbonyl (C=O) groups is 1. The van der Waals surface area contributed by atoms with Gasteiger partial charge in [-0.05, 0) is 48.7 Å². The fourth-order valence-corrected chi connectivity index (χ4v) is 4.00. The predicted octanol–water partition coefficient (Wildman–Crippen LogP) is 4.84. The molecular formula is C22H22Cl2N4O3. The minimum atomic E-state index is -0.357. The van der Waals surface area contributed by atoms with E-state index in [-0.39, 0.29) is 16.5 Å². The van der Waals surface area contributed by atoms with Crippen molar-refractivity contribution >= 4 is 52.2 Å². The Morgan fingerprint density at radius 3 is 2.48 bits per heavy atom. The average Bonchev–Trinajstić information content (AvgIpc) is 3.57. The number of hydrogen-bond acceptors (Lipinski definition) is 5. The van der Waals surface area contributed by atoms with Crippen molar-refractivity contribution in [1.29, 1.82) is 0 Å². The number of rotatable bonds is 6. The summed E-state index contributed by atoms with van der Waals surface area (Å²) in [4.78, 5) is 27.4. The average molecular weight is 461 g/mol. The Morgan fingerprint density at radius 1 is 1.10 bits per heavy atom. The van der Waals surface area contributed by atoms with E-state index in [0.29, 0.717) is 48.0 Å². The van der Waals surface area contributed by atoms with Gasteiger partial charge in [0.2, 0.25) is 5.91 Å². The van der Waals surface area contributed by atoms with E-state index in [1.54, 1.807) is 41.3 Å². The van der Waals surface area contributed by atoms with E-state index in [1.807, 2.05) is 6.07 Å². The topological polar surface area (TPSA) is 78.7 Å². The molecule has 0 radical (unpaired) electrons. The summed E-state index contributed by atoms with van der Waals surface area (Å²) in [7, 11) is 0. The van der Waals surface area contributed by atoms with E-state index in [2.05, 4.69) is 10.2 Å². The number of benzene rings is 2. The van der Waals surface area contributed by atoms with E-state index >= 15 is 0 Å². The second-order valence-electron chi connectivity index (χ2n) is 7.69. The molecule has 0 atom stereocenters. The molecule has 31 heavy (non-hydrogen) atoms. The van der Waals surface area contributed by atoms with Crippen LogP contribution in [0.2, 0.25) is 10.0 Å². The van der Waals surface area contributed by atoms with Gasteiger partial charge in [-0.3, -0.25) is 14.9 Å². The van der Waals surface area contributed by atoms with Gasteiger partial charge in [-0.2, -0.15) is 0 Å². The van der Waals surface area contributed by atoms with Crippen molar-refractivity contribution in [3.63, 3.8) is 0 Å². The molecule has 1 heterocycles. The third kappa shape index (κ3) is 5.29. The molecule has 1 saturated carbocycles. The van der Waals surface area contributed by atoms with Crippen molar-refractivity contribution in [1.82, 2.24) is 4.90 Å². The Hall–Kier alpha value is -2.77. The van der Waals surface area contributed by atoms with Gasteiger partial charge in [-0.25, -0.2) is 0 Å². The summed E-state index contributed by atoms with van der Waals surface area (Å²) in [5.74, 6) is -0.0783. The highest BCUT2D eigenvalue weighted by Gasteiger charge is 2.26. The number of nitro groups is 1. The Morgan fingerprint density at radius 2 is 1.84 bits per heavy atom. The van der Waals surface area contributed by atoms with Crippen molar-refractivity contribution in [3.05, 3.63) is 68.2 Å². The first kappa shape index (κ1) is 21.5. The van der Waals surface area contributed by atoms with Crippen LogP contribution in [0.3, 0.4) is 0 Å². The minimum Gasteiger partial charge on any atom is -0.377 e. The third-order valence-corrected chi connectivity index (χ3v) is 6.00. The van der Waals surface area contributed by atoms with Crippen molar-refractivity contribution in [2.75, 3.05) is 36.4 Å². The molecule has 2 aromatic rings. The number of amides is 1. The molecule has 0 spiro atoms. The molecule has 2 aliphatic rings. The lowest BCUT2D eigenvalue weighted by molar-refractivity contribution is -0.384. The lowest BCUT2D eigenvalue weighted by Gasteiger charge is -2.35. The summed E-state index contributed by atoms with van der Waals surface area (Å²) in [5.41, 5.74) is 2.31. The van der Waals surface area contributed by atoms with Gasteiger partial charge < -0.3 is 15.1 Å². The molecule has 0 aromatic heterocycles. The normalized spacial score (nSPS) is 16.6. The molecule has 1 aliphatic heterocycles. The summed E-state index contributed by atoms with van der Waals surface area (Å²) in [5, 5.41) is 15.6. The van der Waals surface area contributed by atoms with Crippen LogP contribution in [0.1, 0.15) is 18.4 Å². The first-order chi connectivity index (χ1) is 14.9. The highest BCUT2D eigenvalue weighted by atomic mass is 35.5. The summed E-state index contributed by atoms with van der Waals surface area (Å²) < 4.78 is 0. The van der Waals surface area contributed by atoms with E-state index in [9.17, 15) is 14.9 Å². The highest BCUT2D eigenvalue weighted by Crippen LogP contribution is 2.34. The number of anilines is 2. The van der Waals surface area contributed by atoms with Crippen LogP contribution in [-0.2, 0) is 4.79 Å². The number of nitrogens with one attached hydrogen (secondary N) is 1. The van der Waals surface area contributed by atoms with E-state index < -0.39 is 0 Å².